The van der Waals surface area contributed by atoms with Crippen molar-refractivity contribution in [2.75, 3.05) is 5.06 Å². The van der Waals surface area contributed by atoms with Crippen molar-refractivity contribution in [1.82, 2.24) is 4.98 Å². The number of benzene rings is 1. The Kier molecular flexibility index (Phi) is 3.86. The molecular formula is C14H13F3N2OS. The Bertz CT molecular complexity index is 574. The number of nitrogens with one attached hydrogen (secondary N) is 1. The van der Waals surface area contributed by atoms with Crippen molar-refractivity contribution < 1.29 is 18.0 Å². The van der Waals surface area contributed by atoms with Gasteiger partial charge in [-0.15, -0.1) is 0 Å². The van der Waals surface area contributed by atoms with Gasteiger partial charge < -0.3 is 4.98 Å². The molecule has 0 bridgehead atoms. The first kappa shape index (κ1) is 14.3. The second-order valence-electron chi connectivity index (χ2n) is 4.64. The molecule has 7 heteroatoms. The van der Waals surface area contributed by atoms with Crippen LogP contribution in [0.4, 0.5) is 18.9 Å². The third-order valence-electron chi connectivity index (χ3n) is 3.19. The standard InChI is InChI=1S/C14H13F3N2OS/c15-14(16,17)21-13-9-12(11-7-4-8-18-11)19(20-13)10-5-2-1-3-6-10/h1-8,12-13,18H,9H2. The molecule has 1 N–H and O–H groups in total. The number of alkyl halides is 3. The molecule has 1 aliphatic heterocycles. The van der Waals surface area contributed by atoms with E-state index < -0.39 is 10.9 Å². The number of aromatic amines is 1. The predicted molar refractivity (Wildman–Crippen MR) is 75.6 cm³/mol. The van der Waals surface area contributed by atoms with Crippen molar-refractivity contribution in [2.45, 2.75) is 23.4 Å². The fourth-order valence-electron chi connectivity index (χ4n) is 2.36. The molecule has 2 unspecified atom stereocenters. The molecule has 112 valence electrons. The molecule has 1 aromatic heterocycles. The summed E-state index contributed by atoms with van der Waals surface area (Å²) in [7, 11) is 0. The number of hydroxylamine groups is 1. The van der Waals surface area contributed by atoms with Crippen LogP contribution in [0.5, 0.6) is 0 Å². The van der Waals surface area contributed by atoms with E-state index in [1.54, 1.807) is 11.3 Å². The minimum Gasteiger partial charge on any atom is -0.363 e. The van der Waals surface area contributed by atoms with Gasteiger partial charge in [0.25, 0.3) is 0 Å². The smallest absolute Gasteiger partial charge is 0.363 e. The Balaban J connectivity index is 1.85. The van der Waals surface area contributed by atoms with E-state index in [4.69, 9.17) is 4.84 Å². The summed E-state index contributed by atoms with van der Waals surface area (Å²) in [6.45, 7) is 0. The van der Waals surface area contributed by atoms with Crippen molar-refractivity contribution in [1.29, 1.82) is 0 Å². The predicted octanol–water partition coefficient (Wildman–Crippen LogP) is 4.48. The van der Waals surface area contributed by atoms with E-state index in [2.05, 4.69) is 4.98 Å². The maximum absolute atomic E-state index is 12.6. The Morgan fingerprint density at radius 2 is 1.90 bits per heavy atom. The van der Waals surface area contributed by atoms with Crippen LogP contribution in [0.1, 0.15) is 18.2 Å². The summed E-state index contributed by atoms with van der Waals surface area (Å²) in [5, 5.41) is 1.55. The Morgan fingerprint density at radius 3 is 2.52 bits per heavy atom. The highest BCUT2D eigenvalue weighted by Crippen LogP contribution is 2.45. The van der Waals surface area contributed by atoms with Gasteiger partial charge in [0, 0.05) is 18.3 Å². The first-order chi connectivity index (χ1) is 10.0. The molecule has 0 radical (unpaired) electrons. The molecule has 1 fully saturated rings. The van der Waals surface area contributed by atoms with Gasteiger partial charge in [-0.3, -0.25) is 4.84 Å². The maximum atomic E-state index is 12.6. The number of halogens is 3. The number of nitrogens with zero attached hydrogens (tertiary/aromatic N) is 1. The zero-order valence-electron chi connectivity index (χ0n) is 10.9. The van der Waals surface area contributed by atoms with Crippen molar-refractivity contribution in [3.63, 3.8) is 0 Å². The van der Waals surface area contributed by atoms with Crippen molar-refractivity contribution in [2.24, 2.45) is 0 Å². The molecule has 3 nitrogen and oxygen atoms in total. The van der Waals surface area contributed by atoms with Crippen LogP contribution in [0.15, 0.2) is 48.7 Å². The van der Waals surface area contributed by atoms with E-state index in [1.807, 2.05) is 42.5 Å². The fourth-order valence-corrected chi connectivity index (χ4v) is 3.07. The highest BCUT2D eigenvalue weighted by Gasteiger charge is 2.42. The number of hydrogen-bond acceptors (Lipinski definition) is 3. The Labute approximate surface area is 124 Å². The normalized spacial score (nSPS) is 22.7. The third kappa shape index (κ3) is 3.36. The van der Waals surface area contributed by atoms with Crippen LogP contribution in [-0.2, 0) is 4.84 Å². The maximum Gasteiger partial charge on any atom is 0.444 e. The number of H-pyrrole nitrogens is 1. The number of thioether (sulfide) groups is 1. The molecule has 0 saturated carbocycles. The summed E-state index contributed by atoms with van der Waals surface area (Å²) in [5.74, 6) is 0. The van der Waals surface area contributed by atoms with Gasteiger partial charge in [0.15, 0.2) is 0 Å². The minimum absolute atomic E-state index is 0.114. The molecule has 0 amide bonds. The topological polar surface area (TPSA) is 28.3 Å². The van der Waals surface area contributed by atoms with Crippen molar-refractivity contribution in [3.8, 4) is 0 Å². The van der Waals surface area contributed by atoms with E-state index >= 15 is 0 Å². The molecule has 2 aromatic rings. The highest BCUT2D eigenvalue weighted by molar-refractivity contribution is 8.00. The van der Waals surface area contributed by atoms with Crippen molar-refractivity contribution >= 4 is 17.4 Å². The van der Waals surface area contributed by atoms with Gasteiger partial charge in [-0.25, -0.2) is 5.06 Å². The summed E-state index contributed by atoms with van der Waals surface area (Å²) in [6.07, 6.45) is 2.02. The van der Waals surface area contributed by atoms with Crippen LogP contribution in [0.3, 0.4) is 0 Å². The largest absolute Gasteiger partial charge is 0.444 e. The molecule has 1 aliphatic rings. The van der Waals surface area contributed by atoms with Gasteiger partial charge in [0.05, 0.1) is 11.7 Å². The quantitative estimate of drug-likeness (QED) is 0.905. The van der Waals surface area contributed by atoms with Gasteiger partial charge in [0.2, 0.25) is 0 Å². The molecule has 2 atom stereocenters. The summed E-state index contributed by atoms with van der Waals surface area (Å²) in [5.41, 5.74) is -3.68. The molecule has 2 heterocycles. The van der Waals surface area contributed by atoms with E-state index in [9.17, 15) is 13.2 Å². The molecule has 3 rings (SSSR count). The van der Waals surface area contributed by atoms with Crippen LogP contribution in [-0.4, -0.2) is 15.9 Å². The average molecular weight is 314 g/mol. The molecule has 0 spiro atoms. The lowest BCUT2D eigenvalue weighted by atomic mass is 10.1. The number of anilines is 1. The second kappa shape index (κ2) is 5.65. The first-order valence-electron chi connectivity index (χ1n) is 6.42. The van der Waals surface area contributed by atoms with E-state index in [-0.39, 0.29) is 24.2 Å². The summed E-state index contributed by atoms with van der Waals surface area (Å²) < 4.78 is 37.7. The molecule has 21 heavy (non-hydrogen) atoms. The number of aromatic nitrogens is 1. The van der Waals surface area contributed by atoms with E-state index in [0.717, 1.165) is 11.4 Å². The highest BCUT2D eigenvalue weighted by atomic mass is 32.2. The zero-order chi connectivity index (χ0) is 14.9. The van der Waals surface area contributed by atoms with Gasteiger partial charge in [-0.2, -0.15) is 13.2 Å². The first-order valence-corrected chi connectivity index (χ1v) is 7.30. The van der Waals surface area contributed by atoms with Crippen LogP contribution in [0.2, 0.25) is 0 Å². The Hall–Kier alpha value is -1.60. The van der Waals surface area contributed by atoms with Crippen LogP contribution >= 0.6 is 11.8 Å². The van der Waals surface area contributed by atoms with Gasteiger partial charge in [0.1, 0.15) is 5.44 Å². The lowest BCUT2D eigenvalue weighted by molar-refractivity contribution is -0.0362. The SMILES string of the molecule is FC(F)(F)SC1CC(c2ccc[nH]2)N(c2ccccc2)O1. The summed E-state index contributed by atoms with van der Waals surface area (Å²) in [6, 6.07) is 12.6. The average Bonchev–Trinajstić information content (AvgIpc) is 3.06. The lowest BCUT2D eigenvalue weighted by Gasteiger charge is -2.24. The Morgan fingerprint density at radius 1 is 1.14 bits per heavy atom. The van der Waals surface area contributed by atoms with Crippen LogP contribution in [0.25, 0.3) is 0 Å². The molecular weight excluding hydrogens is 301 g/mol. The zero-order valence-corrected chi connectivity index (χ0v) is 11.7. The van der Waals surface area contributed by atoms with Crippen LogP contribution < -0.4 is 5.06 Å². The second-order valence-corrected chi connectivity index (χ2v) is 5.86. The van der Waals surface area contributed by atoms with Crippen LogP contribution in [0, 0.1) is 0 Å². The van der Waals surface area contributed by atoms with Gasteiger partial charge in [-0.1, -0.05) is 18.2 Å². The third-order valence-corrected chi connectivity index (χ3v) is 4.00. The summed E-state index contributed by atoms with van der Waals surface area (Å²) >= 11 is -0.114. The van der Waals surface area contributed by atoms with Crippen molar-refractivity contribution in [3.05, 3.63) is 54.4 Å². The number of hydrogen-bond donors (Lipinski definition) is 1. The van der Waals surface area contributed by atoms with Gasteiger partial charge in [-0.05, 0) is 36.0 Å². The lowest BCUT2D eigenvalue weighted by Crippen LogP contribution is -2.22. The molecule has 1 aromatic carbocycles. The summed E-state index contributed by atoms with van der Waals surface area (Å²) in [4.78, 5) is 8.57. The van der Waals surface area contributed by atoms with E-state index in [0.29, 0.717) is 0 Å². The molecule has 0 aliphatic carbocycles. The van der Waals surface area contributed by atoms with Gasteiger partial charge >= 0.3 is 5.51 Å². The number of rotatable bonds is 3. The molecule has 1 saturated heterocycles. The fraction of sp³-hybridized carbons (Fsp3) is 0.286. The number of para-hydroxylation sites is 1. The monoisotopic (exact) mass is 314 g/mol. The van der Waals surface area contributed by atoms with E-state index in [1.165, 1.54) is 0 Å². The minimum atomic E-state index is -4.31.